The van der Waals surface area contributed by atoms with Crippen LogP contribution < -0.4 is 20.3 Å². The third-order valence-electron chi connectivity index (χ3n) is 5.26. The van der Waals surface area contributed by atoms with Gasteiger partial charge in [-0.25, -0.2) is 4.79 Å². The van der Waals surface area contributed by atoms with E-state index >= 15 is 0 Å². The van der Waals surface area contributed by atoms with E-state index in [0.29, 0.717) is 0 Å². The van der Waals surface area contributed by atoms with Crippen molar-refractivity contribution in [1.29, 1.82) is 0 Å². The van der Waals surface area contributed by atoms with Crippen LogP contribution in [0.2, 0.25) is 0 Å². The van der Waals surface area contributed by atoms with Crippen molar-refractivity contribution in [3.63, 3.8) is 0 Å². The number of aliphatic hydroxyl groups is 1. The van der Waals surface area contributed by atoms with Crippen LogP contribution in [-0.2, 0) is 0 Å². The number of aliphatic hydroxyl groups excluding tert-OH is 1. The van der Waals surface area contributed by atoms with Crippen LogP contribution in [0.15, 0.2) is 24.3 Å². The molecule has 1 fully saturated rings. The van der Waals surface area contributed by atoms with E-state index < -0.39 is 5.54 Å². The number of ether oxygens (including phenoxy) is 1. The van der Waals surface area contributed by atoms with Crippen LogP contribution in [0.1, 0.15) is 33.6 Å². The Labute approximate surface area is 150 Å². The van der Waals surface area contributed by atoms with Crippen LogP contribution >= 0.6 is 0 Å². The molecule has 0 spiro atoms. The maximum absolute atomic E-state index is 12.3. The summed E-state index contributed by atoms with van der Waals surface area (Å²) in [5.74, 6) is 1.03. The molecule has 1 aromatic rings. The number of carbonyl (C=O) groups is 1. The van der Waals surface area contributed by atoms with Gasteiger partial charge in [0.2, 0.25) is 0 Å². The highest BCUT2D eigenvalue weighted by atomic mass is 16.5. The minimum Gasteiger partial charge on any atom is -0.495 e. The molecule has 1 aliphatic rings. The molecule has 0 bridgehead atoms. The Morgan fingerprint density at radius 1 is 1.36 bits per heavy atom. The Kier molecular flexibility index (Phi) is 6.53. The van der Waals surface area contributed by atoms with Crippen molar-refractivity contribution in [2.45, 2.75) is 45.2 Å². The summed E-state index contributed by atoms with van der Waals surface area (Å²) in [4.78, 5) is 14.6. The Balaban J connectivity index is 1.87. The van der Waals surface area contributed by atoms with E-state index in [0.717, 1.165) is 37.4 Å². The van der Waals surface area contributed by atoms with Crippen molar-refractivity contribution in [3.05, 3.63) is 24.3 Å². The molecule has 2 rings (SSSR count). The fourth-order valence-electron chi connectivity index (χ4n) is 3.00. The second-order valence-electron chi connectivity index (χ2n) is 7.26. The zero-order valence-corrected chi connectivity index (χ0v) is 15.7. The average molecular weight is 349 g/mol. The van der Waals surface area contributed by atoms with Gasteiger partial charge in [-0.2, -0.15) is 0 Å². The van der Waals surface area contributed by atoms with E-state index in [-0.39, 0.29) is 24.6 Å². The van der Waals surface area contributed by atoms with Crippen LogP contribution in [0.5, 0.6) is 5.75 Å². The van der Waals surface area contributed by atoms with E-state index in [1.54, 1.807) is 7.11 Å². The van der Waals surface area contributed by atoms with E-state index in [1.807, 2.05) is 39.0 Å². The highest BCUT2D eigenvalue weighted by Crippen LogP contribution is 2.29. The lowest BCUT2D eigenvalue weighted by Crippen LogP contribution is -2.58. The Morgan fingerprint density at radius 3 is 2.56 bits per heavy atom. The van der Waals surface area contributed by atoms with Crippen LogP contribution in [0.3, 0.4) is 0 Å². The average Bonchev–Trinajstić information content (AvgIpc) is 2.62. The summed E-state index contributed by atoms with van der Waals surface area (Å²) in [5.41, 5.74) is 0.489. The summed E-state index contributed by atoms with van der Waals surface area (Å²) in [6, 6.07) is 7.94. The smallest absolute Gasteiger partial charge is 0.315 e. The van der Waals surface area contributed by atoms with Gasteiger partial charge >= 0.3 is 6.03 Å². The number of hydrogen-bond donors (Lipinski definition) is 3. The summed E-state index contributed by atoms with van der Waals surface area (Å²) in [6.07, 6.45) is 1.76. The van der Waals surface area contributed by atoms with Crippen LogP contribution in [-0.4, -0.2) is 49.5 Å². The molecule has 2 amide bonds. The SMILES string of the molecule is COc1ccccc1N1CCC(NC(=O)NC(C)(CO)C(C)C)CC1. The summed E-state index contributed by atoms with van der Waals surface area (Å²) in [7, 11) is 1.68. The number of benzene rings is 1. The molecule has 140 valence electrons. The van der Waals surface area contributed by atoms with Crippen LogP contribution in [0.25, 0.3) is 0 Å². The zero-order chi connectivity index (χ0) is 18.4. The lowest BCUT2D eigenvalue weighted by Gasteiger charge is -2.36. The lowest BCUT2D eigenvalue weighted by molar-refractivity contribution is 0.135. The van der Waals surface area contributed by atoms with E-state index in [1.165, 1.54) is 0 Å². The van der Waals surface area contributed by atoms with Crippen LogP contribution in [0, 0.1) is 5.92 Å². The monoisotopic (exact) mass is 349 g/mol. The normalized spacial score (nSPS) is 17.9. The predicted molar refractivity (Wildman–Crippen MR) is 100 cm³/mol. The second-order valence-corrected chi connectivity index (χ2v) is 7.26. The standard InChI is InChI=1S/C19H31N3O3/c1-14(2)19(3,13-23)21-18(24)20-15-9-11-22(12-10-15)16-7-5-6-8-17(16)25-4/h5-8,14-15,23H,9-13H2,1-4H3,(H2,20,21,24). The number of carbonyl (C=O) groups excluding carboxylic acids is 1. The molecule has 25 heavy (non-hydrogen) atoms. The molecule has 0 radical (unpaired) electrons. The summed E-state index contributed by atoms with van der Waals surface area (Å²) in [6.45, 7) is 7.50. The number of amides is 2. The van der Waals surface area contributed by atoms with E-state index in [4.69, 9.17) is 4.74 Å². The van der Waals surface area contributed by atoms with Gasteiger partial charge in [-0.05, 0) is 37.8 Å². The van der Waals surface area contributed by atoms with Gasteiger partial charge in [0, 0.05) is 19.1 Å². The first-order valence-corrected chi connectivity index (χ1v) is 8.97. The number of anilines is 1. The number of methoxy groups -OCH3 is 1. The van der Waals surface area contributed by atoms with Gasteiger partial charge in [0.25, 0.3) is 0 Å². The first-order valence-electron chi connectivity index (χ1n) is 8.97. The van der Waals surface area contributed by atoms with Crippen molar-refractivity contribution in [1.82, 2.24) is 10.6 Å². The Morgan fingerprint density at radius 2 is 2.00 bits per heavy atom. The Hall–Kier alpha value is -1.95. The molecule has 6 heteroatoms. The summed E-state index contributed by atoms with van der Waals surface area (Å²) >= 11 is 0. The van der Waals surface area contributed by atoms with Gasteiger partial charge < -0.3 is 25.4 Å². The summed E-state index contributed by atoms with van der Waals surface area (Å²) in [5, 5.41) is 15.5. The summed E-state index contributed by atoms with van der Waals surface area (Å²) < 4.78 is 5.43. The quantitative estimate of drug-likeness (QED) is 0.737. The van der Waals surface area contributed by atoms with Gasteiger partial charge in [-0.15, -0.1) is 0 Å². The van der Waals surface area contributed by atoms with E-state index in [9.17, 15) is 9.90 Å². The minimum atomic E-state index is -0.609. The number of hydrogen-bond acceptors (Lipinski definition) is 4. The van der Waals surface area contributed by atoms with Crippen molar-refractivity contribution >= 4 is 11.7 Å². The van der Waals surface area contributed by atoms with Gasteiger partial charge in [0.1, 0.15) is 5.75 Å². The number of urea groups is 1. The largest absolute Gasteiger partial charge is 0.495 e. The first kappa shape index (κ1) is 19.4. The number of nitrogens with zero attached hydrogens (tertiary/aromatic N) is 1. The molecule has 3 N–H and O–H groups in total. The van der Waals surface area contributed by atoms with Gasteiger partial charge in [-0.1, -0.05) is 26.0 Å². The third-order valence-corrected chi connectivity index (χ3v) is 5.26. The molecular formula is C19H31N3O3. The van der Waals surface area contributed by atoms with Crippen molar-refractivity contribution in [2.75, 3.05) is 31.7 Å². The molecule has 1 aromatic carbocycles. The molecule has 0 aliphatic carbocycles. The topological polar surface area (TPSA) is 73.8 Å². The Bertz CT molecular complexity index is 571. The zero-order valence-electron chi connectivity index (χ0n) is 15.7. The minimum absolute atomic E-state index is 0.0790. The molecule has 1 aliphatic heterocycles. The number of nitrogens with one attached hydrogen (secondary N) is 2. The van der Waals surface area contributed by atoms with Gasteiger partial charge in [0.15, 0.2) is 0 Å². The van der Waals surface area contributed by atoms with Gasteiger partial charge in [-0.3, -0.25) is 0 Å². The van der Waals surface area contributed by atoms with Crippen molar-refractivity contribution in [2.24, 2.45) is 5.92 Å². The highest BCUT2D eigenvalue weighted by molar-refractivity contribution is 5.75. The fourth-order valence-corrected chi connectivity index (χ4v) is 3.00. The lowest BCUT2D eigenvalue weighted by atomic mass is 9.89. The first-order chi connectivity index (χ1) is 11.9. The van der Waals surface area contributed by atoms with Gasteiger partial charge in [0.05, 0.1) is 24.9 Å². The molecule has 1 saturated heterocycles. The number of rotatable bonds is 6. The highest BCUT2D eigenvalue weighted by Gasteiger charge is 2.30. The molecular weight excluding hydrogens is 318 g/mol. The third kappa shape index (κ3) is 4.78. The van der Waals surface area contributed by atoms with Crippen molar-refractivity contribution in [3.8, 4) is 5.75 Å². The predicted octanol–water partition coefficient (Wildman–Crippen LogP) is 2.37. The second kappa shape index (κ2) is 8.43. The molecule has 6 nitrogen and oxygen atoms in total. The molecule has 0 aromatic heterocycles. The van der Waals surface area contributed by atoms with E-state index in [2.05, 4.69) is 21.6 Å². The van der Waals surface area contributed by atoms with Crippen molar-refractivity contribution < 1.29 is 14.6 Å². The van der Waals surface area contributed by atoms with Crippen LogP contribution in [0.4, 0.5) is 10.5 Å². The number of para-hydroxylation sites is 2. The molecule has 1 atom stereocenters. The number of piperidine rings is 1. The molecule has 1 heterocycles. The molecule has 0 saturated carbocycles. The fraction of sp³-hybridized carbons (Fsp3) is 0.632. The maximum atomic E-state index is 12.3. The molecule has 1 unspecified atom stereocenters. The maximum Gasteiger partial charge on any atom is 0.315 e.